The van der Waals surface area contributed by atoms with Crippen molar-refractivity contribution < 1.29 is 9.53 Å². The summed E-state index contributed by atoms with van der Waals surface area (Å²) in [5.41, 5.74) is 2.47. The molecule has 0 aliphatic carbocycles. The largest absolute Gasteiger partial charge is 0.465 e. The first-order chi connectivity index (χ1) is 12.7. The van der Waals surface area contributed by atoms with E-state index in [9.17, 15) is 4.79 Å². The van der Waals surface area contributed by atoms with Crippen LogP contribution in [0.5, 0.6) is 0 Å². The fourth-order valence-corrected chi connectivity index (χ4v) is 3.14. The molecule has 136 valence electrons. The number of carbonyl (C=O) groups excluding carboxylic acids is 1. The van der Waals surface area contributed by atoms with Gasteiger partial charge in [-0.2, -0.15) is 0 Å². The molecule has 1 aliphatic rings. The molecule has 0 spiro atoms. The van der Waals surface area contributed by atoms with E-state index in [0.29, 0.717) is 10.7 Å². The lowest BCUT2D eigenvalue weighted by molar-refractivity contribution is 0.0601. The molecular formula is C19H22N4O2S. The Bertz CT molecular complexity index is 744. The van der Waals surface area contributed by atoms with E-state index in [1.165, 1.54) is 7.11 Å². The molecule has 0 saturated carbocycles. The number of nitrogens with one attached hydrogen (secondary N) is 1. The van der Waals surface area contributed by atoms with Crippen molar-refractivity contribution in [3.05, 3.63) is 59.9 Å². The lowest BCUT2D eigenvalue weighted by Gasteiger charge is -2.36. The molecule has 0 unspecified atom stereocenters. The van der Waals surface area contributed by atoms with Crippen molar-refractivity contribution in [2.24, 2.45) is 0 Å². The van der Waals surface area contributed by atoms with E-state index >= 15 is 0 Å². The number of methoxy groups -OCH3 is 1. The smallest absolute Gasteiger partial charge is 0.337 e. The number of ether oxygens (including phenoxy) is 1. The molecule has 0 bridgehead atoms. The maximum absolute atomic E-state index is 11.5. The van der Waals surface area contributed by atoms with Gasteiger partial charge in [0, 0.05) is 44.6 Å². The molecule has 0 amide bonds. The minimum absolute atomic E-state index is 0.344. The second-order valence-electron chi connectivity index (χ2n) is 6.08. The number of hydrogen-bond acceptors (Lipinski definition) is 5. The molecule has 0 radical (unpaired) electrons. The van der Waals surface area contributed by atoms with E-state index in [1.807, 2.05) is 30.5 Å². The second kappa shape index (κ2) is 8.73. The van der Waals surface area contributed by atoms with E-state index in [-0.39, 0.29) is 5.97 Å². The topological polar surface area (TPSA) is 57.7 Å². The van der Waals surface area contributed by atoms with Gasteiger partial charge in [-0.25, -0.2) is 4.79 Å². The average Bonchev–Trinajstić information content (AvgIpc) is 2.69. The first-order valence-corrected chi connectivity index (χ1v) is 8.93. The van der Waals surface area contributed by atoms with E-state index in [1.54, 1.807) is 12.1 Å². The average molecular weight is 370 g/mol. The van der Waals surface area contributed by atoms with E-state index in [2.05, 4.69) is 26.2 Å². The summed E-state index contributed by atoms with van der Waals surface area (Å²) in [6.45, 7) is 4.50. The van der Waals surface area contributed by atoms with E-state index in [4.69, 9.17) is 17.0 Å². The fraction of sp³-hybridized carbons (Fsp3) is 0.316. The van der Waals surface area contributed by atoms with Crippen LogP contribution in [0.4, 0.5) is 5.69 Å². The Labute approximate surface area is 158 Å². The molecule has 1 aliphatic heterocycles. The summed E-state index contributed by atoms with van der Waals surface area (Å²) in [7, 11) is 1.37. The minimum atomic E-state index is -0.344. The van der Waals surface area contributed by atoms with Crippen LogP contribution in [0.2, 0.25) is 0 Å². The van der Waals surface area contributed by atoms with Gasteiger partial charge in [-0.05, 0) is 48.6 Å². The summed E-state index contributed by atoms with van der Waals surface area (Å²) in [5, 5.41) is 3.94. The van der Waals surface area contributed by atoms with E-state index < -0.39 is 0 Å². The van der Waals surface area contributed by atoms with Gasteiger partial charge in [-0.1, -0.05) is 6.07 Å². The predicted octanol–water partition coefficient (Wildman–Crippen LogP) is 2.38. The number of esters is 1. The van der Waals surface area contributed by atoms with E-state index in [0.717, 1.165) is 44.1 Å². The van der Waals surface area contributed by atoms with Crippen molar-refractivity contribution in [1.29, 1.82) is 0 Å². The number of piperazine rings is 1. The third-order valence-electron chi connectivity index (χ3n) is 4.33. The number of aromatic nitrogens is 1. The lowest BCUT2D eigenvalue weighted by Crippen LogP contribution is -2.49. The number of anilines is 1. The normalized spacial score (nSPS) is 14.7. The maximum atomic E-state index is 11.5. The van der Waals surface area contributed by atoms with Crippen LogP contribution in [0, 0.1) is 0 Å². The van der Waals surface area contributed by atoms with Crippen molar-refractivity contribution in [2.75, 3.05) is 38.6 Å². The highest BCUT2D eigenvalue weighted by molar-refractivity contribution is 7.80. The van der Waals surface area contributed by atoms with Crippen LogP contribution in [0.25, 0.3) is 0 Å². The zero-order chi connectivity index (χ0) is 18.4. The van der Waals surface area contributed by atoms with Gasteiger partial charge in [0.2, 0.25) is 0 Å². The quantitative estimate of drug-likeness (QED) is 0.655. The maximum Gasteiger partial charge on any atom is 0.337 e. The molecule has 2 heterocycles. The monoisotopic (exact) mass is 370 g/mol. The fourth-order valence-electron chi connectivity index (χ4n) is 2.84. The summed E-state index contributed by atoms with van der Waals surface area (Å²) in [6.07, 6.45) is 1.83. The van der Waals surface area contributed by atoms with Crippen molar-refractivity contribution in [1.82, 2.24) is 14.8 Å². The van der Waals surface area contributed by atoms with Crippen molar-refractivity contribution in [3.8, 4) is 0 Å². The Kier molecular flexibility index (Phi) is 6.14. The van der Waals surface area contributed by atoms with Gasteiger partial charge in [0.15, 0.2) is 5.11 Å². The standard InChI is InChI=1S/C19H22N4O2S/c1-25-18(24)15-5-7-16(8-6-15)21-19(26)23-12-10-22(11-13-23)14-17-4-2-3-9-20-17/h2-9H,10-14H2,1H3,(H,21,26). The first kappa shape index (κ1) is 18.3. The van der Waals surface area contributed by atoms with Gasteiger partial charge < -0.3 is 15.0 Å². The summed E-state index contributed by atoms with van der Waals surface area (Å²) >= 11 is 5.52. The van der Waals surface area contributed by atoms with Crippen LogP contribution < -0.4 is 5.32 Å². The molecule has 0 atom stereocenters. The van der Waals surface area contributed by atoms with Gasteiger partial charge in [0.25, 0.3) is 0 Å². The SMILES string of the molecule is COC(=O)c1ccc(NC(=S)N2CCN(Cc3ccccn3)CC2)cc1. The number of benzene rings is 1. The zero-order valence-corrected chi connectivity index (χ0v) is 15.5. The number of carbonyl (C=O) groups is 1. The van der Waals surface area contributed by atoms with Crippen LogP contribution in [0.1, 0.15) is 16.1 Å². The first-order valence-electron chi connectivity index (χ1n) is 8.52. The summed E-state index contributed by atoms with van der Waals surface area (Å²) < 4.78 is 4.70. The third kappa shape index (κ3) is 4.77. The molecule has 1 aromatic carbocycles. The highest BCUT2D eigenvalue weighted by Gasteiger charge is 2.19. The summed E-state index contributed by atoms with van der Waals surface area (Å²) in [6, 6.07) is 13.1. The lowest BCUT2D eigenvalue weighted by atomic mass is 10.2. The van der Waals surface area contributed by atoms with Gasteiger partial charge in [-0.15, -0.1) is 0 Å². The van der Waals surface area contributed by atoms with Crippen LogP contribution in [-0.2, 0) is 11.3 Å². The number of pyridine rings is 1. The Balaban J connectivity index is 1.48. The molecule has 7 heteroatoms. The summed E-state index contributed by atoms with van der Waals surface area (Å²) in [4.78, 5) is 20.4. The number of rotatable bonds is 4. The van der Waals surface area contributed by atoms with Crippen molar-refractivity contribution >= 4 is 29.0 Å². The van der Waals surface area contributed by atoms with Crippen molar-refractivity contribution in [2.45, 2.75) is 6.54 Å². The number of thiocarbonyl (C=S) groups is 1. The number of nitrogens with zero attached hydrogens (tertiary/aromatic N) is 3. The number of hydrogen-bond donors (Lipinski definition) is 1. The van der Waals surface area contributed by atoms with Crippen LogP contribution in [-0.4, -0.2) is 59.2 Å². The minimum Gasteiger partial charge on any atom is -0.465 e. The molecule has 1 aromatic heterocycles. The molecule has 26 heavy (non-hydrogen) atoms. The third-order valence-corrected chi connectivity index (χ3v) is 4.69. The molecule has 1 saturated heterocycles. The van der Waals surface area contributed by atoms with Crippen LogP contribution in [0.3, 0.4) is 0 Å². The Morgan fingerprint density at radius 2 is 1.88 bits per heavy atom. The predicted molar refractivity (Wildman–Crippen MR) is 105 cm³/mol. The molecule has 6 nitrogen and oxygen atoms in total. The molecule has 1 N–H and O–H groups in total. The van der Waals surface area contributed by atoms with Gasteiger partial charge in [0.05, 0.1) is 18.4 Å². The van der Waals surface area contributed by atoms with Gasteiger partial charge in [-0.3, -0.25) is 9.88 Å². The van der Waals surface area contributed by atoms with Gasteiger partial charge in [0.1, 0.15) is 0 Å². The van der Waals surface area contributed by atoms with Gasteiger partial charge >= 0.3 is 5.97 Å². The Morgan fingerprint density at radius 1 is 1.15 bits per heavy atom. The second-order valence-corrected chi connectivity index (χ2v) is 6.47. The highest BCUT2D eigenvalue weighted by atomic mass is 32.1. The molecule has 1 fully saturated rings. The van der Waals surface area contributed by atoms with Crippen molar-refractivity contribution in [3.63, 3.8) is 0 Å². The summed E-state index contributed by atoms with van der Waals surface area (Å²) in [5.74, 6) is -0.344. The Morgan fingerprint density at radius 3 is 2.50 bits per heavy atom. The molecular weight excluding hydrogens is 348 g/mol. The highest BCUT2D eigenvalue weighted by Crippen LogP contribution is 2.13. The molecule has 2 aromatic rings. The van der Waals surface area contributed by atoms with Crippen LogP contribution >= 0.6 is 12.2 Å². The van der Waals surface area contributed by atoms with Crippen LogP contribution in [0.15, 0.2) is 48.7 Å². The zero-order valence-electron chi connectivity index (χ0n) is 14.7. The molecule has 3 rings (SSSR count). The Hall–Kier alpha value is -2.51.